The Morgan fingerprint density at radius 1 is 1.03 bits per heavy atom. The number of hydrogen-bond acceptors (Lipinski definition) is 6. The predicted octanol–water partition coefficient (Wildman–Crippen LogP) is 2.11. The standard InChI is InChI=1S/C20H23N3O6S/c1-4-21-20(26)22-18(24)12-29-19(25)17-11-16(9-8-14(17)3)30(27,28)23-15-7-5-6-13(2)10-15/h5-11,23H,4,12H2,1-3H3,(H2,21,22,24,26). The number of hydrogen-bond donors (Lipinski definition) is 3. The highest BCUT2D eigenvalue weighted by molar-refractivity contribution is 7.92. The molecule has 0 aliphatic carbocycles. The first-order chi connectivity index (χ1) is 14.1. The third kappa shape index (κ3) is 6.31. The fourth-order valence-electron chi connectivity index (χ4n) is 2.49. The van der Waals surface area contributed by atoms with Crippen molar-refractivity contribution in [3.05, 3.63) is 59.2 Å². The van der Waals surface area contributed by atoms with E-state index in [1.165, 1.54) is 18.2 Å². The van der Waals surface area contributed by atoms with Gasteiger partial charge in [-0.05, 0) is 56.2 Å². The van der Waals surface area contributed by atoms with Crippen LogP contribution >= 0.6 is 0 Å². The topological polar surface area (TPSA) is 131 Å². The predicted molar refractivity (Wildman–Crippen MR) is 111 cm³/mol. The van der Waals surface area contributed by atoms with Gasteiger partial charge in [0.2, 0.25) is 0 Å². The summed E-state index contributed by atoms with van der Waals surface area (Å²) in [4.78, 5) is 35.2. The second kappa shape index (κ2) is 9.88. The van der Waals surface area contributed by atoms with Gasteiger partial charge in [0.05, 0.1) is 10.5 Å². The van der Waals surface area contributed by atoms with E-state index in [9.17, 15) is 22.8 Å². The number of carbonyl (C=O) groups is 3. The fraction of sp³-hybridized carbons (Fsp3) is 0.250. The number of aryl methyl sites for hydroxylation is 2. The van der Waals surface area contributed by atoms with Crippen LogP contribution < -0.4 is 15.4 Å². The van der Waals surface area contributed by atoms with Gasteiger partial charge in [-0.15, -0.1) is 0 Å². The Kier molecular flexibility index (Phi) is 7.54. The first kappa shape index (κ1) is 22.9. The highest BCUT2D eigenvalue weighted by Gasteiger charge is 2.20. The molecule has 0 aliphatic rings. The van der Waals surface area contributed by atoms with Crippen molar-refractivity contribution in [1.82, 2.24) is 10.6 Å². The average Bonchev–Trinajstić information content (AvgIpc) is 2.66. The molecule has 0 saturated carbocycles. The fourth-order valence-corrected chi connectivity index (χ4v) is 3.56. The molecule has 0 bridgehead atoms. The third-order valence-corrected chi connectivity index (χ3v) is 5.31. The highest BCUT2D eigenvalue weighted by Crippen LogP contribution is 2.20. The van der Waals surface area contributed by atoms with Crippen LogP contribution in [0, 0.1) is 13.8 Å². The van der Waals surface area contributed by atoms with Crippen LogP contribution in [-0.4, -0.2) is 39.5 Å². The van der Waals surface area contributed by atoms with Gasteiger partial charge in [0.25, 0.3) is 15.9 Å². The normalized spacial score (nSPS) is 10.8. The van der Waals surface area contributed by atoms with Gasteiger partial charge in [-0.3, -0.25) is 14.8 Å². The smallest absolute Gasteiger partial charge is 0.338 e. The van der Waals surface area contributed by atoms with Gasteiger partial charge < -0.3 is 10.1 Å². The number of rotatable bonds is 7. The van der Waals surface area contributed by atoms with Crippen LogP contribution in [0.5, 0.6) is 0 Å². The maximum absolute atomic E-state index is 12.7. The quantitative estimate of drug-likeness (QED) is 0.573. The van der Waals surface area contributed by atoms with Crippen LogP contribution in [-0.2, 0) is 19.6 Å². The van der Waals surface area contributed by atoms with Crippen LogP contribution in [0.15, 0.2) is 47.4 Å². The van der Waals surface area contributed by atoms with E-state index >= 15 is 0 Å². The van der Waals surface area contributed by atoms with Crippen molar-refractivity contribution in [2.24, 2.45) is 0 Å². The number of benzene rings is 2. The minimum Gasteiger partial charge on any atom is -0.452 e. The molecule has 0 aliphatic heterocycles. The Labute approximate surface area is 174 Å². The summed E-state index contributed by atoms with van der Waals surface area (Å²) in [7, 11) is -3.95. The summed E-state index contributed by atoms with van der Waals surface area (Å²) in [6, 6.07) is 10.1. The molecule has 9 nitrogen and oxygen atoms in total. The maximum Gasteiger partial charge on any atom is 0.338 e. The van der Waals surface area contributed by atoms with E-state index in [1.54, 1.807) is 32.0 Å². The van der Waals surface area contributed by atoms with Gasteiger partial charge in [0.15, 0.2) is 6.61 Å². The molecule has 3 N–H and O–H groups in total. The number of amides is 3. The Morgan fingerprint density at radius 2 is 1.77 bits per heavy atom. The van der Waals surface area contributed by atoms with E-state index in [0.29, 0.717) is 17.8 Å². The van der Waals surface area contributed by atoms with Gasteiger partial charge >= 0.3 is 12.0 Å². The number of esters is 1. The number of urea groups is 1. The summed E-state index contributed by atoms with van der Waals surface area (Å²) in [5.41, 5.74) is 1.74. The van der Waals surface area contributed by atoms with Crippen molar-refractivity contribution in [2.45, 2.75) is 25.7 Å². The molecule has 0 spiro atoms. The molecule has 30 heavy (non-hydrogen) atoms. The second-order valence-electron chi connectivity index (χ2n) is 6.44. The molecule has 2 aromatic carbocycles. The van der Waals surface area contributed by atoms with E-state index in [1.807, 2.05) is 18.3 Å². The monoisotopic (exact) mass is 433 g/mol. The molecule has 0 unspecified atom stereocenters. The van der Waals surface area contributed by atoms with Crippen LogP contribution in [0.1, 0.15) is 28.4 Å². The molecule has 0 aromatic heterocycles. The summed E-state index contributed by atoms with van der Waals surface area (Å²) in [5, 5.41) is 4.36. The van der Waals surface area contributed by atoms with Gasteiger partial charge in [0, 0.05) is 12.2 Å². The minimum absolute atomic E-state index is 0.00655. The molecule has 0 radical (unpaired) electrons. The lowest BCUT2D eigenvalue weighted by atomic mass is 10.1. The Balaban J connectivity index is 2.13. The summed E-state index contributed by atoms with van der Waals surface area (Å²) >= 11 is 0. The molecule has 0 fully saturated rings. The summed E-state index contributed by atoms with van der Waals surface area (Å²) in [6.07, 6.45) is 0. The molecule has 3 amide bonds. The van der Waals surface area contributed by atoms with Gasteiger partial charge in [-0.2, -0.15) is 0 Å². The average molecular weight is 433 g/mol. The van der Waals surface area contributed by atoms with E-state index in [0.717, 1.165) is 5.56 Å². The van der Waals surface area contributed by atoms with Crippen LogP contribution in [0.3, 0.4) is 0 Å². The van der Waals surface area contributed by atoms with E-state index in [-0.39, 0.29) is 10.5 Å². The Morgan fingerprint density at radius 3 is 2.43 bits per heavy atom. The van der Waals surface area contributed by atoms with Gasteiger partial charge in [-0.1, -0.05) is 18.2 Å². The minimum atomic E-state index is -3.95. The first-order valence-corrected chi connectivity index (χ1v) is 10.6. The van der Waals surface area contributed by atoms with Crippen LogP contribution in [0.2, 0.25) is 0 Å². The summed E-state index contributed by atoms with van der Waals surface area (Å²) < 4.78 is 32.7. The van der Waals surface area contributed by atoms with Crippen molar-refractivity contribution in [3.63, 3.8) is 0 Å². The SMILES string of the molecule is CCNC(=O)NC(=O)COC(=O)c1cc(S(=O)(=O)Nc2cccc(C)c2)ccc1C. The molecular weight excluding hydrogens is 410 g/mol. The van der Waals surface area contributed by atoms with Crippen molar-refractivity contribution in [3.8, 4) is 0 Å². The zero-order valence-corrected chi connectivity index (χ0v) is 17.6. The second-order valence-corrected chi connectivity index (χ2v) is 8.12. The maximum atomic E-state index is 12.7. The molecule has 160 valence electrons. The molecule has 0 heterocycles. The summed E-state index contributed by atoms with van der Waals surface area (Å²) in [5.74, 6) is -1.69. The number of anilines is 1. The number of ether oxygens (including phenoxy) is 1. The molecular formula is C20H23N3O6S. The van der Waals surface area contributed by atoms with Crippen molar-refractivity contribution in [1.29, 1.82) is 0 Å². The Hall–Kier alpha value is -3.40. The molecule has 10 heteroatoms. The largest absolute Gasteiger partial charge is 0.452 e. The molecule has 2 rings (SSSR count). The summed E-state index contributed by atoms with van der Waals surface area (Å²) in [6.45, 7) is 4.77. The third-order valence-electron chi connectivity index (χ3n) is 3.93. The zero-order valence-electron chi connectivity index (χ0n) is 16.8. The van der Waals surface area contributed by atoms with Crippen LogP contribution in [0.25, 0.3) is 0 Å². The number of imide groups is 1. The number of nitrogens with one attached hydrogen (secondary N) is 3. The Bertz CT molecular complexity index is 1070. The van der Waals surface area contributed by atoms with E-state index < -0.39 is 34.5 Å². The van der Waals surface area contributed by atoms with Crippen LogP contribution in [0.4, 0.5) is 10.5 Å². The lowest BCUT2D eigenvalue weighted by molar-refractivity contribution is -0.123. The van der Waals surface area contributed by atoms with Crippen molar-refractivity contribution in [2.75, 3.05) is 17.9 Å². The number of sulfonamides is 1. The van der Waals surface area contributed by atoms with E-state index in [4.69, 9.17) is 4.74 Å². The van der Waals surface area contributed by atoms with Crippen molar-refractivity contribution >= 4 is 33.6 Å². The molecule has 0 atom stereocenters. The molecule has 2 aromatic rings. The van der Waals surface area contributed by atoms with Gasteiger partial charge in [0.1, 0.15) is 0 Å². The molecule has 0 saturated heterocycles. The van der Waals surface area contributed by atoms with E-state index in [2.05, 4.69) is 10.0 Å². The first-order valence-electron chi connectivity index (χ1n) is 9.07. The zero-order chi connectivity index (χ0) is 22.3. The lowest BCUT2D eigenvalue weighted by Crippen LogP contribution is -2.41. The van der Waals surface area contributed by atoms with Gasteiger partial charge in [-0.25, -0.2) is 18.0 Å². The highest BCUT2D eigenvalue weighted by atomic mass is 32.2. The van der Waals surface area contributed by atoms with Crippen molar-refractivity contribution < 1.29 is 27.5 Å². The number of carbonyl (C=O) groups excluding carboxylic acids is 3. The lowest BCUT2D eigenvalue weighted by Gasteiger charge is -2.12.